The molecule has 2 aliphatic heterocycles. The van der Waals surface area contributed by atoms with Crippen molar-refractivity contribution >= 4 is 39.3 Å². The second-order valence-corrected chi connectivity index (χ2v) is 11.4. The van der Waals surface area contributed by atoms with Crippen LogP contribution in [0.1, 0.15) is 51.4 Å². The quantitative estimate of drug-likeness (QED) is 0.473. The molecule has 0 N–H and O–H groups in total. The van der Waals surface area contributed by atoms with Crippen LogP contribution in [0.25, 0.3) is 10.1 Å². The number of carbonyl (C=O) groups is 2. The van der Waals surface area contributed by atoms with Crippen molar-refractivity contribution in [1.82, 2.24) is 14.2 Å². The van der Waals surface area contributed by atoms with Crippen LogP contribution in [0.4, 0.5) is 5.82 Å². The molecule has 5 aliphatic rings. The van der Waals surface area contributed by atoms with Crippen molar-refractivity contribution in [2.75, 3.05) is 44.2 Å². The van der Waals surface area contributed by atoms with Crippen LogP contribution in [0.15, 0.2) is 24.3 Å². The summed E-state index contributed by atoms with van der Waals surface area (Å²) >= 11 is 1.58. The predicted molar refractivity (Wildman–Crippen MR) is 131 cm³/mol. The van der Waals surface area contributed by atoms with Gasteiger partial charge in [-0.2, -0.15) is 4.37 Å². The zero-order valence-electron chi connectivity index (χ0n) is 19.4. The summed E-state index contributed by atoms with van der Waals surface area (Å²) in [6, 6.07) is 8.48. The van der Waals surface area contributed by atoms with E-state index >= 15 is 0 Å². The number of hydrogen-bond acceptors (Lipinski definition) is 6. The number of fused-ring (bicyclic) bond motifs is 3. The van der Waals surface area contributed by atoms with Crippen molar-refractivity contribution in [3.05, 3.63) is 24.3 Å². The van der Waals surface area contributed by atoms with Crippen molar-refractivity contribution in [1.29, 1.82) is 0 Å². The number of carbonyl (C=O) groups excluding carboxylic acids is 2. The lowest BCUT2D eigenvalue weighted by Crippen LogP contribution is -2.47. The van der Waals surface area contributed by atoms with Gasteiger partial charge in [0.2, 0.25) is 11.8 Å². The molecule has 6 nitrogen and oxygen atoms in total. The maximum Gasteiger partial charge on any atom is 0.236 e. The maximum atomic E-state index is 13.3. The van der Waals surface area contributed by atoms with Crippen LogP contribution in [0, 0.1) is 17.3 Å². The fourth-order valence-corrected chi connectivity index (χ4v) is 7.81. The monoisotopic (exact) mass is 466 g/mol. The molecule has 7 heteroatoms. The van der Waals surface area contributed by atoms with E-state index in [0.717, 1.165) is 70.6 Å². The van der Waals surface area contributed by atoms with E-state index in [9.17, 15) is 9.59 Å². The van der Waals surface area contributed by atoms with Crippen LogP contribution in [-0.4, -0.2) is 65.3 Å². The Kier molecular flexibility index (Phi) is 5.65. The number of likely N-dealkylation sites (tertiary alicyclic amines) is 1. The van der Waals surface area contributed by atoms with Crippen molar-refractivity contribution in [3.63, 3.8) is 0 Å². The average Bonchev–Trinajstić information content (AvgIpc) is 3.37. The Balaban J connectivity index is 0.971. The molecule has 3 heterocycles. The highest BCUT2D eigenvalue weighted by atomic mass is 32.1. The number of hydrogen-bond donors (Lipinski definition) is 0. The molecule has 33 heavy (non-hydrogen) atoms. The van der Waals surface area contributed by atoms with Gasteiger partial charge in [-0.1, -0.05) is 25.0 Å². The number of imide groups is 1. The standard InChI is InChI=1S/C26H34N4O2S/c31-23-18-26(17-19-7-9-20(26)10-8-19)25(32)30(23)12-4-3-11-28-13-15-29(16-14-28)24-21-5-1-2-6-22(21)33-27-24/h1-2,5-6,19-20H,3-4,7-18H2. The Morgan fingerprint density at radius 1 is 0.970 bits per heavy atom. The number of aromatic nitrogens is 1. The molecule has 2 bridgehead atoms. The first-order chi connectivity index (χ1) is 16.1. The SMILES string of the molecule is O=C1CC2(CC3CCC2CC3)C(=O)N1CCCCN1CCN(c2nsc3ccccc23)CC1. The second-order valence-electron chi connectivity index (χ2n) is 10.6. The molecule has 2 aromatic rings. The summed E-state index contributed by atoms with van der Waals surface area (Å²) in [5.74, 6) is 2.53. The highest BCUT2D eigenvalue weighted by molar-refractivity contribution is 7.13. The molecule has 2 amide bonds. The summed E-state index contributed by atoms with van der Waals surface area (Å²) in [4.78, 5) is 32.6. The van der Waals surface area contributed by atoms with Crippen LogP contribution in [0.5, 0.6) is 0 Å². The number of rotatable bonds is 6. The molecule has 176 valence electrons. The molecule has 2 saturated heterocycles. The van der Waals surface area contributed by atoms with Gasteiger partial charge in [-0.15, -0.1) is 0 Å². The van der Waals surface area contributed by atoms with E-state index in [1.807, 2.05) is 0 Å². The van der Waals surface area contributed by atoms with Gasteiger partial charge in [0.15, 0.2) is 0 Å². The minimum absolute atomic E-state index is 0.0941. The number of benzene rings is 1. The first-order valence-corrected chi connectivity index (χ1v) is 13.6. The summed E-state index contributed by atoms with van der Waals surface area (Å²) < 4.78 is 5.96. The summed E-state index contributed by atoms with van der Waals surface area (Å²) in [6.45, 7) is 5.74. The van der Waals surface area contributed by atoms with Gasteiger partial charge in [-0.3, -0.25) is 19.4 Å². The third kappa shape index (κ3) is 3.77. The van der Waals surface area contributed by atoms with E-state index in [4.69, 9.17) is 4.37 Å². The van der Waals surface area contributed by atoms with Gasteiger partial charge in [0.05, 0.1) is 10.1 Å². The predicted octanol–water partition coefficient (Wildman–Crippen LogP) is 4.15. The lowest BCUT2D eigenvalue weighted by atomic mass is 9.55. The average molecular weight is 467 g/mol. The number of piperazine rings is 1. The van der Waals surface area contributed by atoms with Crippen molar-refractivity contribution < 1.29 is 9.59 Å². The fourth-order valence-electron chi connectivity index (χ4n) is 7.02. The van der Waals surface area contributed by atoms with E-state index in [1.54, 1.807) is 16.4 Å². The lowest BCUT2D eigenvalue weighted by Gasteiger charge is -2.48. The maximum absolute atomic E-state index is 13.3. The second kappa shape index (κ2) is 8.66. The molecular weight excluding hydrogens is 432 g/mol. The Morgan fingerprint density at radius 3 is 2.48 bits per heavy atom. The van der Waals surface area contributed by atoms with Crippen LogP contribution in [-0.2, 0) is 9.59 Å². The number of unbranched alkanes of at least 4 members (excludes halogenated alkanes) is 1. The van der Waals surface area contributed by atoms with E-state index < -0.39 is 0 Å². The summed E-state index contributed by atoms with van der Waals surface area (Å²) in [7, 11) is 0. The highest BCUT2D eigenvalue weighted by Crippen LogP contribution is 2.57. The number of anilines is 1. The lowest BCUT2D eigenvalue weighted by molar-refractivity contribution is -0.146. The van der Waals surface area contributed by atoms with E-state index in [0.29, 0.717) is 24.8 Å². The normalized spacial score (nSPS) is 30.3. The Morgan fingerprint density at radius 2 is 1.73 bits per heavy atom. The summed E-state index contributed by atoms with van der Waals surface area (Å²) in [5, 5.41) is 1.26. The van der Waals surface area contributed by atoms with Gasteiger partial charge in [-0.05, 0) is 74.1 Å². The van der Waals surface area contributed by atoms with Crippen LogP contribution in [0.3, 0.4) is 0 Å². The zero-order valence-corrected chi connectivity index (χ0v) is 20.2. The van der Waals surface area contributed by atoms with Gasteiger partial charge in [0, 0.05) is 44.5 Å². The largest absolute Gasteiger partial charge is 0.353 e. The molecule has 1 unspecified atom stereocenters. The fraction of sp³-hybridized carbons (Fsp3) is 0.654. The van der Waals surface area contributed by atoms with Crippen LogP contribution < -0.4 is 4.90 Å². The van der Waals surface area contributed by atoms with Gasteiger partial charge in [0.1, 0.15) is 5.82 Å². The molecule has 3 aliphatic carbocycles. The number of nitrogens with zero attached hydrogens (tertiary/aromatic N) is 4. The van der Waals surface area contributed by atoms with Crippen molar-refractivity contribution in [3.8, 4) is 0 Å². The zero-order chi connectivity index (χ0) is 22.4. The first-order valence-electron chi connectivity index (χ1n) is 12.8. The Labute approximate surface area is 200 Å². The third-order valence-corrected chi connectivity index (χ3v) is 9.67. The minimum Gasteiger partial charge on any atom is -0.353 e. The van der Waals surface area contributed by atoms with E-state index in [1.165, 1.54) is 22.9 Å². The smallest absolute Gasteiger partial charge is 0.236 e. The van der Waals surface area contributed by atoms with Gasteiger partial charge in [-0.25, -0.2) is 0 Å². The molecule has 1 aromatic carbocycles. The topological polar surface area (TPSA) is 56.8 Å². The van der Waals surface area contributed by atoms with E-state index in [-0.39, 0.29) is 17.2 Å². The van der Waals surface area contributed by atoms with Gasteiger partial charge in [0.25, 0.3) is 0 Å². The molecule has 0 radical (unpaired) electrons. The number of amides is 2. The minimum atomic E-state index is -0.325. The molecule has 5 fully saturated rings. The van der Waals surface area contributed by atoms with Gasteiger partial charge < -0.3 is 4.90 Å². The third-order valence-electron chi connectivity index (χ3n) is 8.86. The molecule has 1 atom stereocenters. The summed E-state index contributed by atoms with van der Waals surface area (Å²) in [5.41, 5.74) is -0.325. The van der Waals surface area contributed by atoms with Crippen LogP contribution in [0.2, 0.25) is 0 Å². The Hall–Kier alpha value is -1.99. The first kappa shape index (κ1) is 21.5. The van der Waals surface area contributed by atoms with Crippen LogP contribution >= 0.6 is 11.5 Å². The molecule has 7 rings (SSSR count). The van der Waals surface area contributed by atoms with Crippen molar-refractivity contribution in [2.45, 2.75) is 51.4 Å². The molecular formula is C26H34N4O2S. The van der Waals surface area contributed by atoms with E-state index in [2.05, 4.69) is 34.1 Å². The highest BCUT2D eigenvalue weighted by Gasteiger charge is 2.59. The molecule has 1 aromatic heterocycles. The van der Waals surface area contributed by atoms with Crippen molar-refractivity contribution in [2.24, 2.45) is 17.3 Å². The summed E-state index contributed by atoms with van der Waals surface area (Å²) in [6.07, 6.45) is 8.24. The van der Waals surface area contributed by atoms with Gasteiger partial charge >= 0.3 is 0 Å². The Bertz CT molecular complexity index is 1040. The molecule has 3 saturated carbocycles. The molecule has 1 spiro atoms.